The molecule has 15 nitrogen and oxygen atoms in total. The minimum absolute atomic E-state index is 0.0195. The number of nitrogens with two attached hydrogens (primary N) is 1. The van der Waals surface area contributed by atoms with Crippen LogP contribution < -0.4 is 26.2 Å². The van der Waals surface area contributed by atoms with E-state index in [4.69, 9.17) is 22.1 Å². The first-order valence-corrected chi connectivity index (χ1v) is 20.7. The van der Waals surface area contributed by atoms with Crippen LogP contribution in [0.15, 0.2) is 42.9 Å². The Morgan fingerprint density at radius 1 is 0.983 bits per heavy atom. The fourth-order valence-electron chi connectivity index (χ4n) is 9.65. The van der Waals surface area contributed by atoms with Gasteiger partial charge in [0.15, 0.2) is 11.5 Å². The van der Waals surface area contributed by atoms with Crippen LogP contribution in [0.5, 0.6) is 0 Å². The molecule has 18 heteroatoms. The molecule has 2 aromatic heterocycles. The van der Waals surface area contributed by atoms with Crippen LogP contribution >= 0.6 is 11.6 Å². The molecule has 1 saturated carbocycles. The lowest BCUT2D eigenvalue weighted by Crippen LogP contribution is -2.64. The highest BCUT2D eigenvalue weighted by Crippen LogP contribution is 2.37. The zero-order valence-corrected chi connectivity index (χ0v) is 32.9. The average Bonchev–Trinajstić information content (AvgIpc) is 3.96. The quantitative estimate of drug-likeness (QED) is 0.201. The van der Waals surface area contributed by atoms with Crippen molar-refractivity contribution < 1.29 is 27.9 Å². The maximum Gasteiger partial charge on any atom is 0.284 e. The predicted molar refractivity (Wildman–Crippen MR) is 213 cm³/mol. The van der Waals surface area contributed by atoms with Crippen molar-refractivity contribution in [1.82, 2.24) is 34.9 Å². The summed E-state index contributed by atoms with van der Waals surface area (Å²) in [6.07, 6.45) is 6.62. The first kappa shape index (κ1) is 38.8. The van der Waals surface area contributed by atoms with E-state index in [2.05, 4.69) is 45.3 Å². The first-order valence-electron chi connectivity index (χ1n) is 20.3. The van der Waals surface area contributed by atoms with Crippen LogP contribution in [-0.2, 0) is 19.1 Å². The van der Waals surface area contributed by atoms with Crippen molar-refractivity contribution in [3.05, 3.63) is 65.0 Å². The van der Waals surface area contributed by atoms with Crippen molar-refractivity contribution >= 4 is 52.1 Å². The Balaban J connectivity index is 0.751. The molecule has 0 unspecified atom stereocenters. The van der Waals surface area contributed by atoms with Crippen LogP contribution in [0.4, 0.5) is 26.0 Å². The van der Waals surface area contributed by atoms with Crippen LogP contribution in [0.25, 0.3) is 5.57 Å². The van der Waals surface area contributed by atoms with Gasteiger partial charge in [0.1, 0.15) is 5.82 Å². The number of hydrogen-bond donors (Lipinski definition) is 3. The lowest BCUT2D eigenvalue weighted by Gasteiger charge is -2.50. The van der Waals surface area contributed by atoms with E-state index in [0.717, 1.165) is 88.8 Å². The molecule has 308 valence electrons. The van der Waals surface area contributed by atoms with E-state index in [1.54, 1.807) is 16.9 Å². The molecule has 3 amide bonds. The molecule has 1 aliphatic carbocycles. The Labute approximate surface area is 339 Å². The molecule has 5 aliphatic heterocycles. The van der Waals surface area contributed by atoms with Crippen molar-refractivity contribution in [3.8, 4) is 0 Å². The van der Waals surface area contributed by atoms with E-state index >= 15 is 0 Å². The highest BCUT2D eigenvalue weighted by Gasteiger charge is 2.40. The summed E-state index contributed by atoms with van der Waals surface area (Å²) in [6.45, 7) is 7.06. The second kappa shape index (κ2) is 16.2. The van der Waals surface area contributed by atoms with Gasteiger partial charge in [0.2, 0.25) is 11.8 Å². The van der Waals surface area contributed by atoms with Gasteiger partial charge in [-0.15, -0.1) is 0 Å². The number of alkyl halides is 2. The number of imide groups is 1. The Morgan fingerprint density at radius 3 is 2.38 bits per heavy atom. The van der Waals surface area contributed by atoms with Gasteiger partial charge in [-0.2, -0.15) is 5.10 Å². The van der Waals surface area contributed by atoms with Gasteiger partial charge in [-0.1, -0.05) is 17.7 Å². The predicted octanol–water partition coefficient (Wildman–Crippen LogP) is 3.69. The zero-order valence-electron chi connectivity index (χ0n) is 32.1. The number of halogens is 3. The number of hydrogen-bond acceptors (Lipinski definition) is 12. The Bertz CT molecular complexity index is 2080. The van der Waals surface area contributed by atoms with Gasteiger partial charge in [-0.3, -0.25) is 34.2 Å². The third-order valence-electron chi connectivity index (χ3n) is 13.0. The molecular formula is C40H48ClF2N11O4. The van der Waals surface area contributed by atoms with Gasteiger partial charge in [0, 0.05) is 93.6 Å². The van der Waals surface area contributed by atoms with Gasteiger partial charge < -0.3 is 25.6 Å². The number of piperidine rings is 1. The summed E-state index contributed by atoms with van der Waals surface area (Å²) in [5, 5.41) is 9.86. The second-order valence-corrected chi connectivity index (χ2v) is 16.7. The van der Waals surface area contributed by atoms with Gasteiger partial charge in [0.25, 0.3) is 12.3 Å². The molecule has 1 aromatic carbocycles. The largest absolute Gasteiger partial charge is 0.404 e. The van der Waals surface area contributed by atoms with E-state index in [-0.39, 0.29) is 47.1 Å². The first-order chi connectivity index (χ1) is 28.1. The topological polar surface area (TPSA) is 167 Å². The van der Waals surface area contributed by atoms with Crippen LogP contribution in [0.2, 0.25) is 5.02 Å². The number of rotatable bonds is 10. The molecule has 7 heterocycles. The fourth-order valence-corrected chi connectivity index (χ4v) is 9.96. The second-order valence-electron chi connectivity index (χ2n) is 16.3. The summed E-state index contributed by atoms with van der Waals surface area (Å²) in [4.78, 5) is 55.8. The Morgan fingerprint density at radius 2 is 1.72 bits per heavy atom. The van der Waals surface area contributed by atoms with Crippen molar-refractivity contribution in [2.24, 2.45) is 5.73 Å². The SMILES string of the molecule is N/C=C(/C(=O)Nc1cn(C2CCC(N3CCN(C4CN(c5ccc([C@@H]6CCC(=O)NC6=O)c(Cl)c5)C4)CC3)CC2)nc1C(F)F)c1nccc(N2C[C@H]3C[C@@H]2CO3)n1. The molecule has 3 atom stereocenters. The summed E-state index contributed by atoms with van der Waals surface area (Å²) in [5.74, 6) is -0.840. The molecule has 4 N–H and O–H groups in total. The van der Waals surface area contributed by atoms with Gasteiger partial charge in [-0.25, -0.2) is 18.7 Å². The third kappa shape index (κ3) is 7.64. The number of anilines is 3. The average molecular weight is 820 g/mol. The van der Waals surface area contributed by atoms with E-state index in [0.29, 0.717) is 48.9 Å². The number of carbonyl (C=O) groups excluding carboxylic acids is 3. The number of piperazine rings is 1. The van der Waals surface area contributed by atoms with Crippen molar-refractivity contribution in [1.29, 1.82) is 0 Å². The Kier molecular flexibility index (Phi) is 10.8. The van der Waals surface area contributed by atoms with Gasteiger partial charge in [0.05, 0.1) is 42.0 Å². The number of morpholine rings is 1. The Hall–Kier alpha value is -4.71. The molecule has 6 fully saturated rings. The summed E-state index contributed by atoms with van der Waals surface area (Å²) in [7, 11) is 0. The highest BCUT2D eigenvalue weighted by atomic mass is 35.5. The zero-order chi connectivity index (χ0) is 40.1. The normalized spacial score (nSPS) is 27.3. The molecule has 5 saturated heterocycles. The number of nitrogens with zero attached hydrogens (tertiary/aromatic N) is 8. The smallest absolute Gasteiger partial charge is 0.284 e. The number of nitrogens with one attached hydrogen (secondary N) is 2. The molecule has 6 aliphatic rings. The third-order valence-corrected chi connectivity index (χ3v) is 13.3. The van der Waals surface area contributed by atoms with E-state index in [9.17, 15) is 23.2 Å². The van der Waals surface area contributed by atoms with Crippen molar-refractivity contribution in [2.45, 2.75) is 87.6 Å². The number of carbonyl (C=O) groups is 3. The minimum atomic E-state index is -2.88. The molecule has 58 heavy (non-hydrogen) atoms. The van der Waals surface area contributed by atoms with Crippen LogP contribution in [0.1, 0.15) is 80.4 Å². The van der Waals surface area contributed by atoms with Gasteiger partial charge in [-0.05, 0) is 62.3 Å². The van der Waals surface area contributed by atoms with Gasteiger partial charge >= 0.3 is 0 Å². The van der Waals surface area contributed by atoms with Crippen LogP contribution in [-0.4, -0.2) is 124 Å². The van der Waals surface area contributed by atoms with E-state index < -0.39 is 23.9 Å². The summed E-state index contributed by atoms with van der Waals surface area (Å²) < 4.78 is 35.8. The summed E-state index contributed by atoms with van der Waals surface area (Å²) in [6, 6.07) is 8.68. The van der Waals surface area contributed by atoms with Crippen molar-refractivity contribution in [2.75, 3.05) is 67.5 Å². The van der Waals surface area contributed by atoms with Crippen LogP contribution in [0, 0.1) is 0 Å². The molecular weight excluding hydrogens is 772 g/mol. The monoisotopic (exact) mass is 819 g/mol. The van der Waals surface area contributed by atoms with Crippen LogP contribution in [0.3, 0.4) is 0 Å². The maximum atomic E-state index is 14.3. The number of amides is 3. The van der Waals surface area contributed by atoms with E-state index in [1.807, 2.05) is 18.2 Å². The molecule has 2 bridgehead atoms. The lowest BCUT2D eigenvalue weighted by molar-refractivity contribution is -0.134. The number of aromatic nitrogens is 4. The molecule has 0 radical (unpaired) electrons. The standard InChI is InChI=1S/C40H48ClF2N11O4/c41-32-16-25(5-6-29(32)30-7-8-35(55)48-39(30)56)52-18-27(19-52)51-13-11-50(12-14-51)23-1-3-24(4-2-23)54-21-33(36(49-54)37(42)43)46-40(57)31(17-44)38-45-10-9-34(47-38)53-20-28-15-26(53)22-58-28/h5-6,9-10,16-17,21,23-24,26-28,30,37H,1-4,7-8,11-15,18-20,22,44H2,(H,46,57)(H,48,55,56)/b31-17+/t23?,24?,26-,28-,30+/m1/s1. The summed E-state index contributed by atoms with van der Waals surface area (Å²) in [5.41, 5.74) is 7.12. The molecule has 9 rings (SSSR count). The maximum absolute atomic E-state index is 14.3. The fraction of sp³-hybridized carbons (Fsp3) is 0.550. The minimum Gasteiger partial charge on any atom is -0.404 e. The van der Waals surface area contributed by atoms with E-state index in [1.165, 1.54) is 6.20 Å². The number of fused-ring (bicyclic) bond motifs is 2. The molecule has 3 aromatic rings. The highest BCUT2D eigenvalue weighted by molar-refractivity contribution is 6.32. The number of ether oxygens (including phenoxy) is 1. The number of benzene rings is 1. The van der Waals surface area contributed by atoms with Crippen molar-refractivity contribution in [3.63, 3.8) is 0 Å². The lowest BCUT2D eigenvalue weighted by atomic mass is 9.89. The summed E-state index contributed by atoms with van der Waals surface area (Å²) >= 11 is 6.64. The molecule has 0 spiro atoms.